The maximum Gasteiger partial charge on any atom is 0.334 e. The Balaban J connectivity index is 1.45. The Labute approximate surface area is 261 Å². The van der Waals surface area contributed by atoms with Gasteiger partial charge in [-0.05, 0) is 64.4 Å². The topological polar surface area (TPSA) is 137 Å². The summed E-state index contributed by atoms with van der Waals surface area (Å²) in [6.45, 7) is 4.04. The summed E-state index contributed by atoms with van der Waals surface area (Å²) in [6, 6.07) is 0. The molecule has 0 saturated carbocycles. The molecular weight excluding hydrogens is 548 g/mol. The molecule has 0 aliphatic carbocycles. The number of cyclic esters (lactones) is 1. The van der Waals surface area contributed by atoms with Crippen LogP contribution in [0.5, 0.6) is 0 Å². The number of unbranched alkanes of at least 4 members (excludes halogenated alkanes) is 10. The molecule has 6 unspecified atom stereocenters. The summed E-state index contributed by atoms with van der Waals surface area (Å²) in [5, 5.41) is 52.1. The van der Waals surface area contributed by atoms with E-state index in [-0.39, 0.29) is 37.1 Å². The van der Waals surface area contributed by atoms with Gasteiger partial charge in [-0.25, -0.2) is 4.79 Å². The minimum absolute atomic E-state index is 0.224. The quantitative estimate of drug-likeness (QED) is 0.0590. The molecule has 5 N–H and O–H groups in total. The standard InChI is InChI=1S/C35H64O8/c1-3-4-5-6-7-8-9-10-11-12-20-31(39)33-21-22-34(43-33)32(40)25-30(38)17-14-13-16-28(36)18-15-19-29(37)24-27-23-26(2)42-35(27)41/h23,26,28-34,36-40H,3-22,24-25H2,1-2H3/t26?,28?,29?,30?,31?,32-,33-,34?/m1/s1. The summed E-state index contributed by atoms with van der Waals surface area (Å²) in [6.07, 6.45) is 18.0. The number of aliphatic hydroxyl groups is 5. The highest BCUT2D eigenvalue weighted by molar-refractivity contribution is 5.90. The number of aliphatic hydroxyl groups excluding tert-OH is 5. The molecule has 2 aliphatic heterocycles. The molecule has 252 valence electrons. The number of rotatable bonds is 26. The molecule has 0 spiro atoms. The van der Waals surface area contributed by atoms with E-state index in [1.54, 1.807) is 13.0 Å². The summed E-state index contributed by atoms with van der Waals surface area (Å²) in [4.78, 5) is 11.7. The van der Waals surface area contributed by atoms with Crippen LogP contribution in [0.2, 0.25) is 0 Å². The fourth-order valence-electron chi connectivity index (χ4n) is 6.46. The maximum absolute atomic E-state index is 11.7. The number of ether oxygens (including phenoxy) is 2. The molecule has 0 amide bonds. The van der Waals surface area contributed by atoms with Crippen LogP contribution in [0.15, 0.2) is 11.6 Å². The minimum Gasteiger partial charge on any atom is -0.455 e. The van der Waals surface area contributed by atoms with Crippen molar-refractivity contribution in [2.75, 3.05) is 0 Å². The smallest absolute Gasteiger partial charge is 0.334 e. The van der Waals surface area contributed by atoms with Crippen molar-refractivity contribution in [1.29, 1.82) is 0 Å². The summed E-state index contributed by atoms with van der Waals surface area (Å²) in [7, 11) is 0. The van der Waals surface area contributed by atoms with Gasteiger partial charge in [0.05, 0.1) is 42.7 Å². The van der Waals surface area contributed by atoms with Gasteiger partial charge in [0.25, 0.3) is 0 Å². The zero-order valence-corrected chi connectivity index (χ0v) is 27.2. The molecule has 2 heterocycles. The van der Waals surface area contributed by atoms with E-state index in [0.717, 1.165) is 38.5 Å². The van der Waals surface area contributed by atoms with Gasteiger partial charge in [0.15, 0.2) is 0 Å². The van der Waals surface area contributed by atoms with Gasteiger partial charge in [-0.15, -0.1) is 0 Å². The lowest BCUT2D eigenvalue weighted by Crippen LogP contribution is -2.33. The van der Waals surface area contributed by atoms with E-state index in [2.05, 4.69) is 6.92 Å². The van der Waals surface area contributed by atoms with Gasteiger partial charge in [0, 0.05) is 18.4 Å². The second-order valence-corrected chi connectivity index (χ2v) is 13.3. The number of carbonyl (C=O) groups is 1. The van der Waals surface area contributed by atoms with Crippen LogP contribution in [0.4, 0.5) is 0 Å². The third-order valence-electron chi connectivity index (χ3n) is 9.16. The van der Waals surface area contributed by atoms with Gasteiger partial charge < -0.3 is 35.0 Å². The predicted molar refractivity (Wildman–Crippen MR) is 170 cm³/mol. The van der Waals surface area contributed by atoms with Crippen molar-refractivity contribution in [3.8, 4) is 0 Å². The molecule has 0 bridgehead atoms. The van der Waals surface area contributed by atoms with Crippen molar-refractivity contribution in [2.24, 2.45) is 0 Å². The molecule has 0 aromatic carbocycles. The summed E-state index contributed by atoms with van der Waals surface area (Å²) >= 11 is 0. The molecule has 2 rings (SSSR count). The number of hydrogen-bond donors (Lipinski definition) is 5. The maximum atomic E-state index is 11.7. The second kappa shape index (κ2) is 22.5. The lowest BCUT2D eigenvalue weighted by molar-refractivity contribution is -0.139. The van der Waals surface area contributed by atoms with Crippen LogP contribution in [-0.2, 0) is 14.3 Å². The first-order chi connectivity index (χ1) is 20.7. The van der Waals surface area contributed by atoms with E-state index in [1.807, 2.05) is 0 Å². The molecule has 0 aromatic rings. The molecule has 1 fully saturated rings. The third-order valence-corrected chi connectivity index (χ3v) is 9.16. The van der Waals surface area contributed by atoms with Crippen molar-refractivity contribution in [3.63, 3.8) is 0 Å². The number of hydrogen-bond acceptors (Lipinski definition) is 8. The van der Waals surface area contributed by atoms with Crippen LogP contribution in [0.1, 0.15) is 155 Å². The Morgan fingerprint density at radius 3 is 1.79 bits per heavy atom. The molecule has 8 atom stereocenters. The van der Waals surface area contributed by atoms with Gasteiger partial charge in [-0.2, -0.15) is 0 Å². The Bertz CT molecular complexity index is 758. The van der Waals surface area contributed by atoms with Gasteiger partial charge >= 0.3 is 5.97 Å². The van der Waals surface area contributed by atoms with E-state index in [1.165, 1.54) is 51.4 Å². The number of carbonyl (C=O) groups excluding carboxylic acids is 1. The lowest BCUT2D eigenvalue weighted by atomic mass is 9.98. The van der Waals surface area contributed by atoms with Crippen LogP contribution in [0.3, 0.4) is 0 Å². The molecule has 1 saturated heterocycles. The highest BCUT2D eigenvalue weighted by Crippen LogP contribution is 2.29. The van der Waals surface area contributed by atoms with Crippen LogP contribution in [-0.4, -0.2) is 80.3 Å². The van der Waals surface area contributed by atoms with Crippen molar-refractivity contribution in [3.05, 3.63) is 11.6 Å². The number of esters is 1. The second-order valence-electron chi connectivity index (χ2n) is 13.3. The highest BCUT2D eigenvalue weighted by Gasteiger charge is 2.35. The molecule has 8 nitrogen and oxygen atoms in total. The van der Waals surface area contributed by atoms with Crippen LogP contribution in [0.25, 0.3) is 0 Å². The van der Waals surface area contributed by atoms with E-state index < -0.39 is 30.5 Å². The Morgan fingerprint density at radius 2 is 1.19 bits per heavy atom. The van der Waals surface area contributed by atoms with Crippen LogP contribution < -0.4 is 0 Å². The average molecular weight is 613 g/mol. The van der Waals surface area contributed by atoms with Crippen LogP contribution >= 0.6 is 0 Å². The molecule has 2 aliphatic rings. The first-order valence-electron chi connectivity index (χ1n) is 17.7. The first-order valence-corrected chi connectivity index (χ1v) is 17.7. The van der Waals surface area contributed by atoms with E-state index in [0.29, 0.717) is 44.1 Å². The van der Waals surface area contributed by atoms with Crippen LogP contribution in [0, 0.1) is 0 Å². The van der Waals surface area contributed by atoms with Crippen molar-refractivity contribution >= 4 is 5.97 Å². The molecule has 43 heavy (non-hydrogen) atoms. The first kappa shape index (κ1) is 38.2. The normalized spacial score (nSPS) is 24.0. The van der Waals surface area contributed by atoms with E-state index in [4.69, 9.17) is 9.47 Å². The molecule has 8 heteroatoms. The third kappa shape index (κ3) is 16.7. The lowest BCUT2D eigenvalue weighted by Gasteiger charge is -2.23. The summed E-state index contributed by atoms with van der Waals surface area (Å²) in [5.41, 5.74) is 0.528. The van der Waals surface area contributed by atoms with Gasteiger partial charge in [-0.3, -0.25) is 0 Å². The Morgan fingerprint density at radius 1 is 0.674 bits per heavy atom. The van der Waals surface area contributed by atoms with Crippen molar-refractivity contribution in [1.82, 2.24) is 0 Å². The average Bonchev–Trinajstić information content (AvgIpc) is 3.58. The molecular formula is C35H64O8. The monoisotopic (exact) mass is 612 g/mol. The van der Waals surface area contributed by atoms with Crippen molar-refractivity contribution in [2.45, 2.75) is 204 Å². The van der Waals surface area contributed by atoms with E-state index in [9.17, 15) is 30.3 Å². The Hall–Kier alpha value is -1.03. The largest absolute Gasteiger partial charge is 0.455 e. The van der Waals surface area contributed by atoms with Gasteiger partial charge in [0.1, 0.15) is 6.10 Å². The van der Waals surface area contributed by atoms with Gasteiger partial charge in [0.2, 0.25) is 0 Å². The zero-order chi connectivity index (χ0) is 31.5. The molecule has 0 aromatic heterocycles. The fourth-order valence-corrected chi connectivity index (χ4v) is 6.46. The fraction of sp³-hybridized carbons (Fsp3) is 0.914. The Kier molecular flexibility index (Phi) is 19.9. The SMILES string of the molecule is CCCCCCCCCCCCC(O)[C@H]1CCC([C@H](O)CC(O)CCCCC(O)CCCC(O)CC2=CC(C)OC2=O)O1. The van der Waals surface area contributed by atoms with Gasteiger partial charge in [-0.1, -0.05) is 84.0 Å². The highest BCUT2D eigenvalue weighted by atomic mass is 16.5. The van der Waals surface area contributed by atoms with Crippen molar-refractivity contribution < 1.29 is 39.8 Å². The minimum atomic E-state index is -0.744. The summed E-state index contributed by atoms with van der Waals surface area (Å²) in [5.74, 6) is -0.352. The zero-order valence-electron chi connectivity index (χ0n) is 27.2. The predicted octanol–water partition coefficient (Wildman–Crippen LogP) is 6.03. The summed E-state index contributed by atoms with van der Waals surface area (Å²) < 4.78 is 11.0. The van der Waals surface area contributed by atoms with E-state index >= 15 is 0 Å². The molecule has 0 radical (unpaired) electrons.